The number of hydrogen-bond donors (Lipinski definition) is 0. The normalized spacial score (nSPS) is 14.2. The van der Waals surface area contributed by atoms with Crippen LogP contribution in [0.1, 0.15) is 26.2 Å². The molecule has 0 bridgehead atoms. The maximum absolute atomic E-state index is 5.84. The minimum Gasteiger partial charge on any atom is -0.400 e. The average molecular weight is 302 g/mol. The topological polar surface area (TPSA) is 9.23 Å². The summed E-state index contributed by atoms with van der Waals surface area (Å²) >= 11 is 17.5. The molecule has 16 heavy (non-hydrogen) atoms. The van der Waals surface area contributed by atoms with E-state index in [1.807, 2.05) is 19.6 Å². The summed E-state index contributed by atoms with van der Waals surface area (Å²) in [5.41, 5.74) is 0. The van der Waals surface area contributed by atoms with Gasteiger partial charge in [0.25, 0.3) is 0 Å². The van der Waals surface area contributed by atoms with Gasteiger partial charge in [-0.1, -0.05) is 54.1 Å². The third kappa shape index (κ3) is 8.72. The molecule has 1 nitrogen and oxygen atoms in total. The van der Waals surface area contributed by atoms with Gasteiger partial charge in [0.05, 0.1) is 0 Å². The first-order valence-electron chi connectivity index (χ1n) is 5.39. The zero-order valence-corrected chi connectivity index (χ0v) is 13.5. The Morgan fingerprint density at radius 3 is 2.19 bits per heavy atom. The third-order valence-electron chi connectivity index (χ3n) is 1.66. The molecule has 0 spiro atoms. The zero-order valence-electron chi connectivity index (χ0n) is 10.2. The molecule has 94 valence electrons. The summed E-state index contributed by atoms with van der Waals surface area (Å²) in [6, 6.07) is 0. The second-order valence-corrected chi connectivity index (χ2v) is 11.4. The maximum atomic E-state index is 5.84. The summed E-state index contributed by atoms with van der Waals surface area (Å²) in [6.45, 7) is 8.26. The number of rotatable bonds is 4. The Kier molecular flexibility index (Phi) is 7.40. The van der Waals surface area contributed by atoms with E-state index in [-0.39, 0.29) is 0 Å². The van der Waals surface area contributed by atoms with Crippen LogP contribution in [0.5, 0.6) is 0 Å². The van der Waals surface area contributed by atoms with Crippen molar-refractivity contribution < 1.29 is 4.43 Å². The predicted molar refractivity (Wildman–Crippen MR) is 75.8 cm³/mol. The highest BCUT2D eigenvalue weighted by atomic mass is 35.6. The second-order valence-electron chi connectivity index (χ2n) is 4.58. The highest BCUT2D eigenvalue weighted by Gasteiger charge is 2.35. The number of hydrogen-bond acceptors (Lipinski definition) is 1. The van der Waals surface area contributed by atoms with Crippen molar-refractivity contribution in [3.05, 3.63) is 0 Å². The molecule has 0 heterocycles. The lowest BCUT2D eigenvalue weighted by atomic mass is 10.2. The van der Waals surface area contributed by atoms with E-state index in [0.29, 0.717) is 0 Å². The molecular formula is C11H19Cl3OSi. The van der Waals surface area contributed by atoms with E-state index < -0.39 is 18.2 Å². The first kappa shape index (κ1) is 16.6. The minimum absolute atomic E-state index is 0.624. The summed E-state index contributed by atoms with van der Waals surface area (Å²) in [7, 11) is -1.75. The third-order valence-corrected chi connectivity index (χ3v) is 3.19. The van der Waals surface area contributed by atoms with E-state index in [1.54, 1.807) is 0 Å². The minimum atomic E-state index is -1.75. The molecule has 5 heteroatoms. The van der Waals surface area contributed by atoms with Gasteiger partial charge >= 0.3 is 0 Å². The molecule has 0 aliphatic carbocycles. The largest absolute Gasteiger partial charge is 0.400 e. The van der Waals surface area contributed by atoms with Gasteiger partial charge in [0, 0.05) is 6.42 Å². The summed E-state index contributed by atoms with van der Waals surface area (Å²) in [5.74, 6) is 5.93. The Morgan fingerprint density at radius 2 is 1.81 bits per heavy atom. The number of unbranched alkanes of at least 4 members (excludes halogenated alkanes) is 2. The molecule has 0 radical (unpaired) electrons. The molecule has 0 aromatic rings. The summed E-state index contributed by atoms with van der Waals surface area (Å²) < 4.78 is 4.28. The van der Waals surface area contributed by atoms with Crippen LogP contribution in [0.4, 0.5) is 0 Å². The quantitative estimate of drug-likeness (QED) is 0.314. The Morgan fingerprint density at radius 1 is 1.25 bits per heavy atom. The van der Waals surface area contributed by atoms with Gasteiger partial charge in [0.2, 0.25) is 3.79 Å². The molecule has 0 fully saturated rings. The lowest BCUT2D eigenvalue weighted by Gasteiger charge is -2.27. The van der Waals surface area contributed by atoms with Gasteiger partial charge in [-0.15, -0.1) is 5.92 Å². The van der Waals surface area contributed by atoms with Gasteiger partial charge in [-0.2, -0.15) is 0 Å². The Balaban J connectivity index is 4.49. The second kappa shape index (κ2) is 7.13. The molecule has 0 amide bonds. The fourth-order valence-corrected chi connectivity index (χ4v) is 2.43. The van der Waals surface area contributed by atoms with Crippen molar-refractivity contribution in [1.82, 2.24) is 0 Å². The lowest BCUT2D eigenvalue weighted by molar-refractivity contribution is 0.255. The Bertz CT molecular complexity index is 257. The smallest absolute Gasteiger partial charge is 0.226 e. The van der Waals surface area contributed by atoms with E-state index in [4.69, 9.17) is 39.2 Å². The van der Waals surface area contributed by atoms with Crippen LogP contribution < -0.4 is 0 Å². The van der Waals surface area contributed by atoms with Crippen LogP contribution in [0.25, 0.3) is 0 Å². The molecule has 0 rings (SSSR count). The molecule has 0 N–H and O–H groups in total. The van der Waals surface area contributed by atoms with Crippen molar-refractivity contribution in [3.8, 4) is 11.8 Å². The molecule has 1 unspecified atom stereocenters. The molecule has 0 aromatic carbocycles. The molecule has 0 aromatic heterocycles. The van der Waals surface area contributed by atoms with Crippen LogP contribution in [0.15, 0.2) is 0 Å². The number of halogens is 3. The monoisotopic (exact) mass is 300 g/mol. The van der Waals surface area contributed by atoms with Gasteiger partial charge in [-0.05, 0) is 26.1 Å². The van der Waals surface area contributed by atoms with Crippen molar-refractivity contribution >= 4 is 43.1 Å². The van der Waals surface area contributed by atoms with Gasteiger partial charge in [0.1, 0.15) is 0 Å². The van der Waals surface area contributed by atoms with E-state index >= 15 is 0 Å². The molecule has 0 saturated carbocycles. The molecule has 0 aliphatic rings. The lowest BCUT2D eigenvalue weighted by Crippen LogP contribution is -2.38. The van der Waals surface area contributed by atoms with Crippen LogP contribution in [0.3, 0.4) is 0 Å². The Hall–Kier alpha value is 0.607. The fourth-order valence-electron chi connectivity index (χ4n) is 0.962. The van der Waals surface area contributed by atoms with E-state index in [2.05, 4.69) is 18.8 Å². The van der Waals surface area contributed by atoms with Crippen LogP contribution in [0.2, 0.25) is 19.6 Å². The average Bonchev–Trinajstić information content (AvgIpc) is 2.06. The van der Waals surface area contributed by atoms with E-state index in [9.17, 15) is 0 Å². The zero-order chi connectivity index (χ0) is 12.8. The van der Waals surface area contributed by atoms with Crippen LogP contribution in [-0.4, -0.2) is 18.2 Å². The molecule has 0 saturated heterocycles. The molecular weight excluding hydrogens is 283 g/mol. The van der Waals surface area contributed by atoms with Crippen molar-refractivity contribution in [1.29, 1.82) is 0 Å². The highest BCUT2D eigenvalue weighted by Crippen LogP contribution is 2.33. The first-order chi connectivity index (χ1) is 7.17. The van der Waals surface area contributed by atoms with Crippen molar-refractivity contribution in [2.75, 3.05) is 0 Å². The number of alkyl halides is 3. The van der Waals surface area contributed by atoms with E-state index in [0.717, 1.165) is 19.3 Å². The first-order valence-corrected chi connectivity index (χ1v) is 9.94. The highest BCUT2D eigenvalue weighted by molar-refractivity contribution is 6.71. The molecule has 1 atom stereocenters. The van der Waals surface area contributed by atoms with Crippen molar-refractivity contribution in [3.63, 3.8) is 0 Å². The predicted octanol–water partition coefficient (Wildman–Crippen LogP) is 4.77. The summed E-state index contributed by atoms with van der Waals surface area (Å²) in [5, 5.41) is 0. The summed E-state index contributed by atoms with van der Waals surface area (Å²) in [4.78, 5) is 0. The van der Waals surface area contributed by atoms with Crippen molar-refractivity contribution in [2.45, 2.75) is 55.7 Å². The molecule has 0 aliphatic heterocycles. The van der Waals surface area contributed by atoms with Crippen LogP contribution >= 0.6 is 34.8 Å². The maximum Gasteiger partial charge on any atom is 0.226 e. The van der Waals surface area contributed by atoms with Crippen LogP contribution in [0, 0.1) is 11.8 Å². The van der Waals surface area contributed by atoms with Gasteiger partial charge in [0.15, 0.2) is 14.4 Å². The van der Waals surface area contributed by atoms with Crippen molar-refractivity contribution in [2.24, 2.45) is 0 Å². The summed E-state index contributed by atoms with van der Waals surface area (Å²) in [6.07, 6.45) is 2.37. The Labute approximate surface area is 115 Å². The van der Waals surface area contributed by atoms with Crippen LogP contribution in [-0.2, 0) is 4.43 Å². The van der Waals surface area contributed by atoms with Gasteiger partial charge < -0.3 is 4.43 Å². The standard InChI is InChI=1S/C11H19Cl3OSi/c1-5-6-7-8-9-10(11(12,13)14)15-16(2,3)4/h10H,5-7H2,1-4H3. The van der Waals surface area contributed by atoms with Gasteiger partial charge in [-0.3, -0.25) is 0 Å². The van der Waals surface area contributed by atoms with Gasteiger partial charge in [-0.25, -0.2) is 0 Å². The fraction of sp³-hybridized carbons (Fsp3) is 0.818. The SMILES string of the molecule is CCCCC#CC(O[Si](C)(C)C)C(Cl)(Cl)Cl. The van der Waals surface area contributed by atoms with E-state index in [1.165, 1.54) is 0 Å².